The monoisotopic (exact) mass is 439 g/mol. The van der Waals surface area contributed by atoms with Gasteiger partial charge >= 0.3 is 6.03 Å². The Morgan fingerprint density at radius 1 is 0.931 bits per heavy atom. The Morgan fingerprint density at radius 3 is 2.38 bits per heavy atom. The van der Waals surface area contributed by atoms with E-state index < -0.39 is 29.4 Å². The number of benzene rings is 2. The summed E-state index contributed by atoms with van der Waals surface area (Å²) >= 11 is 2.07. The van der Waals surface area contributed by atoms with E-state index in [0.29, 0.717) is 16.1 Å². The molecule has 0 bridgehead atoms. The Labute approximate surface area is 170 Å². The van der Waals surface area contributed by atoms with Gasteiger partial charge in [0.15, 0.2) is 4.34 Å². The van der Waals surface area contributed by atoms with Crippen molar-refractivity contribution in [2.75, 3.05) is 21.7 Å². The van der Waals surface area contributed by atoms with Gasteiger partial charge in [0.2, 0.25) is 11.0 Å². The molecular formula is C17H12F3N5O2S2. The number of aromatic nitrogens is 2. The van der Waals surface area contributed by atoms with Crippen LogP contribution in [0.25, 0.3) is 0 Å². The van der Waals surface area contributed by atoms with E-state index in [1.807, 2.05) is 0 Å². The SMILES string of the molecule is O=C(CSc1nnc(NC(=O)Nc2ccc(F)cc2)s1)Nc1ccc(F)cc1F. The second kappa shape index (κ2) is 9.39. The van der Waals surface area contributed by atoms with Crippen molar-refractivity contribution >= 4 is 51.5 Å². The lowest BCUT2D eigenvalue weighted by atomic mass is 10.3. The fourth-order valence-electron chi connectivity index (χ4n) is 2.02. The minimum Gasteiger partial charge on any atom is -0.323 e. The van der Waals surface area contributed by atoms with Gasteiger partial charge in [-0.1, -0.05) is 23.1 Å². The molecule has 2 aromatic carbocycles. The van der Waals surface area contributed by atoms with Gasteiger partial charge in [0.25, 0.3) is 0 Å². The average Bonchev–Trinajstić information content (AvgIpc) is 3.11. The van der Waals surface area contributed by atoms with Crippen LogP contribution in [0, 0.1) is 17.5 Å². The summed E-state index contributed by atoms with van der Waals surface area (Å²) in [5, 5.41) is 15.1. The van der Waals surface area contributed by atoms with Gasteiger partial charge in [0.1, 0.15) is 17.5 Å². The van der Waals surface area contributed by atoms with Crippen LogP contribution >= 0.6 is 23.1 Å². The van der Waals surface area contributed by atoms with Gasteiger partial charge in [0, 0.05) is 11.8 Å². The molecule has 0 spiro atoms. The van der Waals surface area contributed by atoms with E-state index >= 15 is 0 Å². The fraction of sp³-hybridized carbons (Fsp3) is 0.0588. The molecule has 1 heterocycles. The quantitative estimate of drug-likeness (QED) is 0.393. The lowest BCUT2D eigenvalue weighted by Gasteiger charge is -2.05. The maximum Gasteiger partial charge on any atom is 0.325 e. The van der Waals surface area contributed by atoms with Crippen molar-refractivity contribution < 1.29 is 22.8 Å². The number of hydrogen-bond acceptors (Lipinski definition) is 6. The van der Waals surface area contributed by atoms with E-state index in [-0.39, 0.29) is 16.6 Å². The molecule has 29 heavy (non-hydrogen) atoms. The van der Waals surface area contributed by atoms with Crippen molar-refractivity contribution in [1.29, 1.82) is 0 Å². The molecule has 0 atom stereocenters. The Balaban J connectivity index is 1.47. The van der Waals surface area contributed by atoms with Gasteiger partial charge in [-0.15, -0.1) is 10.2 Å². The summed E-state index contributed by atoms with van der Waals surface area (Å²) in [6, 6.07) is 7.45. The molecule has 1 aromatic heterocycles. The number of thioether (sulfide) groups is 1. The second-order valence-corrected chi connectivity index (χ2v) is 7.62. The normalized spacial score (nSPS) is 10.4. The molecule has 3 amide bonds. The highest BCUT2D eigenvalue weighted by Crippen LogP contribution is 2.26. The highest BCUT2D eigenvalue weighted by Gasteiger charge is 2.12. The number of urea groups is 1. The van der Waals surface area contributed by atoms with E-state index in [1.165, 1.54) is 24.3 Å². The Kier molecular flexibility index (Phi) is 6.67. The number of carbonyl (C=O) groups is 2. The zero-order chi connectivity index (χ0) is 20.8. The van der Waals surface area contributed by atoms with Crippen LogP contribution in [0.5, 0.6) is 0 Å². The van der Waals surface area contributed by atoms with E-state index in [9.17, 15) is 22.8 Å². The fourth-order valence-corrected chi connectivity index (χ4v) is 3.56. The Morgan fingerprint density at radius 2 is 1.66 bits per heavy atom. The number of nitrogens with one attached hydrogen (secondary N) is 3. The first-order valence-electron chi connectivity index (χ1n) is 7.94. The first kappa shape index (κ1) is 20.6. The molecule has 0 saturated heterocycles. The summed E-state index contributed by atoms with van der Waals surface area (Å²) in [6.07, 6.45) is 0. The number of nitrogens with zero attached hydrogens (tertiary/aromatic N) is 2. The number of rotatable bonds is 6. The summed E-state index contributed by atoms with van der Waals surface area (Å²) in [6.45, 7) is 0. The molecule has 3 N–H and O–H groups in total. The van der Waals surface area contributed by atoms with Crippen LogP contribution in [-0.2, 0) is 4.79 Å². The maximum atomic E-state index is 13.5. The smallest absolute Gasteiger partial charge is 0.323 e. The van der Waals surface area contributed by atoms with Crippen LogP contribution < -0.4 is 16.0 Å². The van der Waals surface area contributed by atoms with Gasteiger partial charge < -0.3 is 10.6 Å². The van der Waals surface area contributed by atoms with Crippen molar-refractivity contribution in [2.45, 2.75) is 4.34 Å². The third kappa shape index (κ3) is 6.19. The third-order valence-electron chi connectivity index (χ3n) is 3.26. The predicted octanol–water partition coefficient (Wildman–Crippen LogP) is 4.33. The topological polar surface area (TPSA) is 96.0 Å². The van der Waals surface area contributed by atoms with Gasteiger partial charge in [0.05, 0.1) is 11.4 Å². The Hall–Kier alpha value is -3.12. The van der Waals surface area contributed by atoms with Gasteiger partial charge in [-0.05, 0) is 36.4 Å². The zero-order valence-corrected chi connectivity index (χ0v) is 16.0. The molecule has 12 heteroatoms. The molecule has 0 fully saturated rings. The summed E-state index contributed by atoms with van der Waals surface area (Å²) in [5.74, 6) is -2.65. The highest BCUT2D eigenvalue weighted by atomic mass is 32.2. The largest absolute Gasteiger partial charge is 0.325 e. The van der Waals surface area contributed by atoms with Crippen molar-refractivity contribution in [3.05, 3.63) is 59.9 Å². The highest BCUT2D eigenvalue weighted by molar-refractivity contribution is 8.01. The molecular weight excluding hydrogens is 427 g/mol. The van der Waals surface area contributed by atoms with Crippen LogP contribution in [0.2, 0.25) is 0 Å². The number of hydrogen-bond donors (Lipinski definition) is 3. The van der Waals surface area contributed by atoms with Crippen LogP contribution in [0.3, 0.4) is 0 Å². The summed E-state index contributed by atoms with van der Waals surface area (Å²) < 4.78 is 39.6. The molecule has 150 valence electrons. The minimum atomic E-state index is -0.877. The van der Waals surface area contributed by atoms with Gasteiger partial charge in [-0.3, -0.25) is 10.1 Å². The lowest BCUT2D eigenvalue weighted by molar-refractivity contribution is -0.113. The van der Waals surface area contributed by atoms with E-state index in [4.69, 9.17) is 0 Å². The average molecular weight is 439 g/mol. The van der Waals surface area contributed by atoms with Crippen molar-refractivity contribution in [1.82, 2.24) is 10.2 Å². The second-order valence-electron chi connectivity index (χ2n) is 5.42. The van der Waals surface area contributed by atoms with Crippen LogP contribution in [0.1, 0.15) is 0 Å². The van der Waals surface area contributed by atoms with Crippen molar-refractivity contribution in [3.63, 3.8) is 0 Å². The van der Waals surface area contributed by atoms with Crippen LogP contribution in [0.4, 0.5) is 34.5 Å². The summed E-state index contributed by atoms with van der Waals surface area (Å²) in [4.78, 5) is 23.8. The molecule has 7 nitrogen and oxygen atoms in total. The molecule has 0 unspecified atom stereocenters. The first-order chi connectivity index (χ1) is 13.9. The maximum absolute atomic E-state index is 13.5. The molecule has 0 saturated carbocycles. The summed E-state index contributed by atoms with van der Waals surface area (Å²) in [5.41, 5.74) is 0.266. The molecule has 3 aromatic rings. The Bertz CT molecular complexity index is 1030. The number of halogens is 3. The first-order valence-corrected chi connectivity index (χ1v) is 9.74. The molecule has 0 aliphatic heterocycles. The molecule has 3 rings (SSSR count). The number of amides is 3. The lowest BCUT2D eigenvalue weighted by Crippen LogP contribution is -2.19. The third-order valence-corrected chi connectivity index (χ3v) is 5.23. The van der Waals surface area contributed by atoms with Crippen molar-refractivity contribution in [2.24, 2.45) is 0 Å². The van der Waals surface area contributed by atoms with Crippen LogP contribution in [0.15, 0.2) is 46.8 Å². The standard InChI is InChI=1S/C17H12F3N5O2S2/c18-9-1-4-11(5-2-9)21-15(27)23-16-24-25-17(29-16)28-8-14(26)22-13-6-3-10(19)7-12(13)20/h1-7H,8H2,(H,22,26)(H2,21,23,24,27). The number of anilines is 3. The van der Waals surface area contributed by atoms with E-state index in [2.05, 4.69) is 26.1 Å². The van der Waals surface area contributed by atoms with Crippen molar-refractivity contribution in [3.8, 4) is 0 Å². The van der Waals surface area contributed by atoms with Gasteiger partial charge in [-0.25, -0.2) is 18.0 Å². The van der Waals surface area contributed by atoms with E-state index in [1.54, 1.807) is 0 Å². The molecule has 0 aliphatic rings. The van der Waals surface area contributed by atoms with Gasteiger partial charge in [-0.2, -0.15) is 0 Å². The predicted molar refractivity (Wildman–Crippen MR) is 105 cm³/mol. The van der Waals surface area contributed by atoms with Crippen LogP contribution in [-0.4, -0.2) is 27.9 Å². The minimum absolute atomic E-state index is 0.0901. The summed E-state index contributed by atoms with van der Waals surface area (Å²) in [7, 11) is 0. The van der Waals surface area contributed by atoms with E-state index in [0.717, 1.165) is 35.2 Å². The molecule has 0 radical (unpaired) electrons. The molecule has 0 aliphatic carbocycles. The zero-order valence-electron chi connectivity index (χ0n) is 14.4. The number of carbonyl (C=O) groups excluding carboxylic acids is 2.